The minimum atomic E-state index is 0.375. The zero-order valence-corrected chi connectivity index (χ0v) is 14.5. The van der Waals surface area contributed by atoms with Crippen LogP contribution >= 0.6 is 38.9 Å². The van der Waals surface area contributed by atoms with Crippen LogP contribution in [0.15, 0.2) is 34.1 Å². The van der Waals surface area contributed by atoms with E-state index in [1.165, 1.54) is 28.8 Å². The van der Waals surface area contributed by atoms with Gasteiger partial charge in [-0.25, -0.2) is 4.98 Å². The Labute approximate surface area is 140 Å². The fraction of sp³-hybridized carbons (Fsp3) is 0.312. The predicted molar refractivity (Wildman–Crippen MR) is 92.4 cm³/mol. The topological polar surface area (TPSA) is 17.8 Å². The third kappa shape index (κ3) is 2.24. The molecule has 0 N–H and O–H groups in total. The maximum atomic E-state index is 6.17. The van der Waals surface area contributed by atoms with Crippen LogP contribution in [-0.4, -0.2) is 9.55 Å². The summed E-state index contributed by atoms with van der Waals surface area (Å²) < 4.78 is 3.40. The molecule has 0 bridgehead atoms. The number of aryl methyl sites for hydroxylation is 1. The van der Waals surface area contributed by atoms with Gasteiger partial charge in [-0.05, 0) is 54.5 Å². The van der Waals surface area contributed by atoms with E-state index in [0.29, 0.717) is 11.9 Å². The van der Waals surface area contributed by atoms with Crippen molar-refractivity contribution in [3.63, 3.8) is 0 Å². The number of alkyl halides is 1. The Bertz CT molecular complexity index is 808. The van der Waals surface area contributed by atoms with Gasteiger partial charge in [-0.2, -0.15) is 0 Å². The summed E-state index contributed by atoms with van der Waals surface area (Å²) in [6.07, 6.45) is 3.60. The summed E-state index contributed by atoms with van der Waals surface area (Å²) in [5.74, 6) is 1.41. The summed E-state index contributed by atoms with van der Waals surface area (Å²) in [5, 5.41) is 2.21. The van der Waals surface area contributed by atoms with E-state index in [0.717, 1.165) is 22.2 Å². The zero-order valence-electron chi connectivity index (χ0n) is 11.4. The molecule has 1 aliphatic carbocycles. The second kappa shape index (κ2) is 5.41. The molecule has 4 rings (SSSR count). The van der Waals surface area contributed by atoms with E-state index < -0.39 is 0 Å². The Kier molecular flexibility index (Phi) is 3.56. The minimum Gasteiger partial charge on any atom is -0.319 e. The van der Waals surface area contributed by atoms with Crippen LogP contribution in [0, 0.1) is 0 Å². The molecule has 0 spiro atoms. The maximum absolute atomic E-state index is 6.17. The molecule has 108 valence electrons. The van der Waals surface area contributed by atoms with E-state index in [4.69, 9.17) is 16.6 Å². The number of hydrogen-bond donors (Lipinski definition) is 0. The Morgan fingerprint density at radius 2 is 2.29 bits per heavy atom. The van der Waals surface area contributed by atoms with Gasteiger partial charge in [0.25, 0.3) is 0 Å². The molecule has 1 unspecified atom stereocenters. The molecular formula is C16H14BrClN2S. The lowest BCUT2D eigenvalue weighted by atomic mass is 9.93. The van der Waals surface area contributed by atoms with Crippen LogP contribution in [0.3, 0.4) is 0 Å². The number of imidazole rings is 1. The molecule has 2 nitrogen and oxygen atoms in total. The number of aromatic nitrogens is 2. The number of thiophene rings is 1. The monoisotopic (exact) mass is 380 g/mol. The van der Waals surface area contributed by atoms with Crippen molar-refractivity contribution in [1.29, 1.82) is 0 Å². The highest BCUT2D eigenvalue weighted by Crippen LogP contribution is 2.39. The van der Waals surface area contributed by atoms with Crippen molar-refractivity contribution in [3.8, 4) is 0 Å². The predicted octanol–water partition coefficient (Wildman–Crippen LogP) is 5.52. The van der Waals surface area contributed by atoms with Gasteiger partial charge in [0.15, 0.2) is 0 Å². The lowest BCUT2D eigenvalue weighted by Crippen LogP contribution is -2.17. The van der Waals surface area contributed by atoms with Gasteiger partial charge >= 0.3 is 0 Å². The molecule has 0 aliphatic heterocycles. The van der Waals surface area contributed by atoms with Crippen molar-refractivity contribution in [3.05, 3.63) is 50.4 Å². The normalized spacial score (nSPS) is 18.1. The fourth-order valence-electron chi connectivity index (χ4n) is 3.29. The van der Waals surface area contributed by atoms with Crippen LogP contribution in [0.2, 0.25) is 0 Å². The molecule has 1 aromatic carbocycles. The Morgan fingerprint density at radius 1 is 1.38 bits per heavy atom. The van der Waals surface area contributed by atoms with E-state index >= 15 is 0 Å². The second-order valence-electron chi connectivity index (χ2n) is 5.37. The first-order valence-electron chi connectivity index (χ1n) is 7.06. The molecule has 0 saturated heterocycles. The summed E-state index contributed by atoms with van der Waals surface area (Å²) >= 11 is 11.6. The molecule has 21 heavy (non-hydrogen) atoms. The van der Waals surface area contributed by atoms with Crippen molar-refractivity contribution in [1.82, 2.24) is 9.55 Å². The quantitative estimate of drug-likeness (QED) is 0.534. The van der Waals surface area contributed by atoms with Gasteiger partial charge in [-0.3, -0.25) is 0 Å². The molecule has 3 aromatic rings. The highest BCUT2D eigenvalue weighted by atomic mass is 79.9. The average Bonchev–Trinajstić information content (AvgIpc) is 3.09. The smallest absolute Gasteiger partial charge is 0.125 e. The molecular weight excluding hydrogens is 368 g/mol. The number of hydrogen-bond acceptors (Lipinski definition) is 2. The summed E-state index contributed by atoms with van der Waals surface area (Å²) in [6, 6.07) is 8.94. The average molecular weight is 382 g/mol. The van der Waals surface area contributed by atoms with Crippen molar-refractivity contribution >= 4 is 49.9 Å². The van der Waals surface area contributed by atoms with E-state index in [1.807, 2.05) is 11.3 Å². The van der Waals surface area contributed by atoms with Crippen molar-refractivity contribution in [2.75, 3.05) is 0 Å². The van der Waals surface area contributed by atoms with Crippen LogP contribution < -0.4 is 0 Å². The van der Waals surface area contributed by atoms with Crippen molar-refractivity contribution in [2.45, 2.75) is 31.2 Å². The highest BCUT2D eigenvalue weighted by Gasteiger charge is 2.26. The van der Waals surface area contributed by atoms with Crippen molar-refractivity contribution in [2.24, 2.45) is 0 Å². The van der Waals surface area contributed by atoms with Gasteiger partial charge in [0.05, 0.1) is 23.0 Å². The maximum Gasteiger partial charge on any atom is 0.125 e. The third-order valence-electron chi connectivity index (χ3n) is 4.18. The van der Waals surface area contributed by atoms with Gasteiger partial charge in [0, 0.05) is 9.35 Å². The summed E-state index contributed by atoms with van der Waals surface area (Å²) in [5.41, 5.74) is 3.65. The van der Waals surface area contributed by atoms with E-state index in [2.05, 4.69) is 50.1 Å². The van der Waals surface area contributed by atoms with Crippen LogP contribution in [0.1, 0.15) is 35.1 Å². The lowest BCUT2D eigenvalue weighted by molar-refractivity contribution is 0.495. The number of halogens is 2. The molecule has 0 saturated carbocycles. The Balaban J connectivity index is 1.95. The van der Waals surface area contributed by atoms with Crippen LogP contribution in [0.5, 0.6) is 0 Å². The number of nitrogens with zero attached hydrogens (tertiary/aromatic N) is 2. The summed E-state index contributed by atoms with van der Waals surface area (Å²) in [4.78, 5) is 6.25. The summed E-state index contributed by atoms with van der Waals surface area (Å²) in [7, 11) is 0. The van der Waals surface area contributed by atoms with Gasteiger partial charge in [-0.1, -0.05) is 15.9 Å². The molecule has 0 radical (unpaired) electrons. The first-order chi connectivity index (χ1) is 10.3. The second-order valence-corrected chi connectivity index (χ2v) is 7.56. The van der Waals surface area contributed by atoms with E-state index in [9.17, 15) is 0 Å². The van der Waals surface area contributed by atoms with Crippen LogP contribution in [-0.2, 0) is 12.3 Å². The number of rotatable bonds is 2. The number of benzene rings is 1. The lowest BCUT2D eigenvalue weighted by Gasteiger charge is -2.26. The van der Waals surface area contributed by atoms with Gasteiger partial charge in [0.1, 0.15) is 5.82 Å². The Morgan fingerprint density at radius 3 is 3.14 bits per heavy atom. The van der Waals surface area contributed by atoms with Crippen LogP contribution in [0.4, 0.5) is 0 Å². The SMILES string of the molecule is ClCc1nc2cc(Br)ccc2n1C1CCCc2sccc21. The fourth-order valence-corrected chi connectivity index (χ4v) is 4.81. The molecule has 5 heteroatoms. The highest BCUT2D eigenvalue weighted by molar-refractivity contribution is 9.10. The molecule has 0 fully saturated rings. The summed E-state index contributed by atoms with van der Waals surface area (Å²) in [6.45, 7) is 0. The van der Waals surface area contributed by atoms with Gasteiger partial charge < -0.3 is 4.57 Å². The number of fused-ring (bicyclic) bond motifs is 2. The van der Waals surface area contributed by atoms with Crippen LogP contribution in [0.25, 0.3) is 11.0 Å². The standard InChI is InChI=1S/C16H14BrClN2S/c17-10-4-5-14-12(8-10)19-16(9-18)20(14)13-2-1-3-15-11(13)6-7-21-15/h4-8,13H,1-3,9H2. The minimum absolute atomic E-state index is 0.375. The van der Waals surface area contributed by atoms with E-state index in [1.54, 1.807) is 0 Å². The molecule has 1 atom stereocenters. The third-order valence-corrected chi connectivity index (χ3v) is 5.90. The first-order valence-corrected chi connectivity index (χ1v) is 9.27. The molecule has 0 amide bonds. The zero-order chi connectivity index (χ0) is 14.4. The van der Waals surface area contributed by atoms with Crippen molar-refractivity contribution < 1.29 is 0 Å². The van der Waals surface area contributed by atoms with Gasteiger partial charge in [0.2, 0.25) is 0 Å². The Hall–Kier alpha value is -0.840. The largest absolute Gasteiger partial charge is 0.319 e. The van der Waals surface area contributed by atoms with Gasteiger partial charge in [-0.15, -0.1) is 22.9 Å². The first kappa shape index (κ1) is 13.8. The molecule has 1 aliphatic rings. The molecule has 2 heterocycles. The molecule has 2 aromatic heterocycles. The van der Waals surface area contributed by atoms with E-state index in [-0.39, 0.29) is 0 Å².